The molecule has 3 rings (SSSR count). The van der Waals surface area contributed by atoms with Crippen LogP contribution in [0.1, 0.15) is 36.6 Å². The normalized spacial score (nSPS) is 20.5. The maximum absolute atomic E-state index is 6.26. The van der Waals surface area contributed by atoms with Crippen molar-refractivity contribution >= 4 is 11.6 Å². The molecule has 0 bridgehead atoms. The predicted octanol–water partition coefficient (Wildman–Crippen LogP) is 4.26. The molecule has 0 saturated carbocycles. The zero-order chi connectivity index (χ0) is 14.8. The van der Waals surface area contributed by atoms with Crippen LogP contribution in [0.25, 0.3) is 0 Å². The van der Waals surface area contributed by atoms with E-state index in [4.69, 9.17) is 26.8 Å². The standard InChI is InChI=1S/C17H18ClNO2/c1-2-20-13-6-3-11(4-7-13)17-10-15(19)14-9-12(18)5-8-16(14)21-17/h3-9,15,17H,2,10,19H2,1H3. The number of fused-ring (bicyclic) bond motifs is 1. The highest BCUT2D eigenvalue weighted by molar-refractivity contribution is 6.30. The molecule has 0 spiro atoms. The van der Waals surface area contributed by atoms with Crippen LogP contribution in [0.2, 0.25) is 5.02 Å². The lowest BCUT2D eigenvalue weighted by atomic mass is 9.93. The van der Waals surface area contributed by atoms with Crippen LogP contribution in [0.3, 0.4) is 0 Å². The summed E-state index contributed by atoms with van der Waals surface area (Å²) in [7, 11) is 0. The number of hydrogen-bond acceptors (Lipinski definition) is 3. The molecule has 2 aromatic carbocycles. The molecule has 2 N–H and O–H groups in total. The minimum absolute atomic E-state index is 0.0376. The largest absolute Gasteiger partial charge is 0.494 e. The Balaban J connectivity index is 1.83. The summed E-state index contributed by atoms with van der Waals surface area (Å²) in [5.41, 5.74) is 8.34. The monoisotopic (exact) mass is 303 g/mol. The lowest BCUT2D eigenvalue weighted by molar-refractivity contribution is 0.161. The van der Waals surface area contributed by atoms with Gasteiger partial charge >= 0.3 is 0 Å². The molecule has 0 aromatic heterocycles. The van der Waals surface area contributed by atoms with Gasteiger partial charge in [0.1, 0.15) is 17.6 Å². The van der Waals surface area contributed by atoms with E-state index in [-0.39, 0.29) is 12.1 Å². The SMILES string of the molecule is CCOc1ccc(C2CC(N)c3cc(Cl)ccc3O2)cc1. The Morgan fingerprint density at radius 1 is 1.24 bits per heavy atom. The van der Waals surface area contributed by atoms with Crippen LogP contribution < -0.4 is 15.2 Å². The quantitative estimate of drug-likeness (QED) is 0.921. The van der Waals surface area contributed by atoms with Gasteiger partial charge in [-0.15, -0.1) is 0 Å². The van der Waals surface area contributed by atoms with Gasteiger partial charge in [-0.1, -0.05) is 23.7 Å². The van der Waals surface area contributed by atoms with E-state index < -0.39 is 0 Å². The van der Waals surface area contributed by atoms with Crippen molar-refractivity contribution in [3.05, 3.63) is 58.6 Å². The summed E-state index contributed by atoms with van der Waals surface area (Å²) in [6, 6.07) is 13.5. The molecular weight excluding hydrogens is 286 g/mol. The van der Waals surface area contributed by atoms with Gasteiger partial charge in [0.2, 0.25) is 0 Å². The topological polar surface area (TPSA) is 44.5 Å². The molecule has 3 nitrogen and oxygen atoms in total. The zero-order valence-electron chi connectivity index (χ0n) is 11.9. The van der Waals surface area contributed by atoms with Crippen LogP contribution in [0.4, 0.5) is 0 Å². The lowest BCUT2D eigenvalue weighted by Gasteiger charge is -2.30. The number of benzene rings is 2. The number of rotatable bonds is 3. The summed E-state index contributed by atoms with van der Waals surface area (Å²) in [4.78, 5) is 0. The molecule has 0 saturated heterocycles. The van der Waals surface area contributed by atoms with Crippen LogP contribution in [-0.4, -0.2) is 6.61 Å². The van der Waals surface area contributed by atoms with Crippen molar-refractivity contribution in [1.82, 2.24) is 0 Å². The Morgan fingerprint density at radius 2 is 2.00 bits per heavy atom. The van der Waals surface area contributed by atoms with E-state index in [1.54, 1.807) is 0 Å². The van der Waals surface area contributed by atoms with E-state index in [9.17, 15) is 0 Å². The molecule has 2 aromatic rings. The predicted molar refractivity (Wildman–Crippen MR) is 84.0 cm³/mol. The third-order valence-electron chi connectivity index (χ3n) is 3.67. The minimum Gasteiger partial charge on any atom is -0.494 e. The van der Waals surface area contributed by atoms with E-state index in [1.807, 2.05) is 49.4 Å². The van der Waals surface area contributed by atoms with E-state index >= 15 is 0 Å². The van der Waals surface area contributed by atoms with E-state index in [0.29, 0.717) is 11.6 Å². The first-order valence-corrected chi connectivity index (χ1v) is 7.49. The Morgan fingerprint density at radius 3 is 2.71 bits per heavy atom. The first-order chi connectivity index (χ1) is 10.2. The molecule has 2 unspecified atom stereocenters. The van der Waals surface area contributed by atoms with E-state index in [2.05, 4.69) is 0 Å². The van der Waals surface area contributed by atoms with Crippen LogP contribution in [0.15, 0.2) is 42.5 Å². The van der Waals surface area contributed by atoms with Crippen LogP contribution >= 0.6 is 11.6 Å². The zero-order valence-corrected chi connectivity index (χ0v) is 12.6. The third-order valence-corrected chi connectivity index (χ3v) is 3.91. The molecule has 21 heavy (non-hydrogen) atoms. The molecule has 1 aliphatic heterocycles. The highest BCUT2D eigenvalue weighted by atomic mass is 35.5. The average molecular weight is 304 g/mol. The summed E-state index contributed by atoms with van der Waals surface area (Å²) in [5, 5.41) is 0.687. The number of ether oxygens (including phenoxy) is 2. The fourth-order valence-electron chi connectivity index (χ4n) is 2.62. The molecule has 4 heteroatoms. The molecule has 0 fully saturated rings. The molecule has 1 heterocycles. The highest BCUT2D eigenvalue weighted by Gasteiger charge is 2.27. The molecule has 0 aliphatic carbocycles. The van der Waals surface area contributed by atoms with Crippen molar-refractivity contribution in [2.45, 2.75) is 25.5 Å². The summed E-state index contributed by atoms with van der Waals surface area (Å²) >= 11 is 6.02. The minimum atomic E-state index is -0.0657. The molecular formula is C17H18ClNO2. The maximum atomic E-state index is 6.26. The van der Waals surface area contributed by atoms with Gasteiger partial charge in [0, 0.05) is 23.0 Å². The molecule has 2 atom stereocenters. The Labute approximate surface area is 129 Å². The smallest absolute Gasteiger partial charge is 0.126 e. The fraction of sp³-hybridized carbons (Fsp3) is 0.294. The Hall–Kier alpha value is -1.71. The van der Waals surface area contributed by atoms with Gasteiger partial charge in [-0.3, -0.25) is 0 Å². The van der Waals surface area contributed by atoms with Gasteiger partial charge in [-0.2, -0.15) is 0 Å². The van der Waals surface area contributed by atoms with Gasteiger partial charge in [0.05, 0.1) is 6.61 Å². The van der Waals surface area contributed by atoms with Gasteiger partial charge in [0.25, 0.3) is 0 Å². The van der Waals surface area contributed by atoms with Gasteiger partial charge in [0.15, 0.2) is 0 Å². The van der Waals surface area contributed by atoms with Crippen molar-refractivity contribution in [2.24, 2.45) is 5.73 Å². The number of halogens is 1. The molecule has 1 aliphatic rings. The second kappa shape index (κ2) is 5.96. The van der Waals surface area contributed by atoms with Crippen LogP contribution in [0, 0.1) is 0 Å². The first kappa shape index (κ1) is 14.2. The molecule has 0 radical (unpaired) electrons. The number of nitrogens with two attached hydrogens (primary N) is 1. The molecule has 110 valence electrons. The second-order valence-electron chi connectivity index (χ2n) is 5.13. The Bertz CT molecular complexity index is 627. The summed E-state index contributed by atoms with van der Waals surface area (Å²) in [6.07, 6.45) is 0.700. The van der Waals surface area contributed by atoms with Crippen molar-refractivity contribution < 1.29 is 9.47 Å². The Kier molecular flexibility index (Phi) is 4.04. The summed E-state index contributed by atoms with van der Waals surface area (Å²) < 4.78 is 11.5. The summed E-state index contributed by atoms with van der Waals surface area (Å²) in [6.45, 7) is 2.64. The molecule has 0 amide bonds. The van der Waals surface area contributed by atoms with Crippen molar-refractivity contribution in [1.29, 1.82) is 0 Å². The average Bonchev–Trinajstić information content (AvgIpc) is 2.49. The van der Waals surface area contributed by atoms with E-state index in [0.717, 1.165) is 29.0 Å². The number of hydrogen-bond donors (Lipinski definition) is 1. The van der Waals surface area contributed by atoms with E-state index in [1.165, 1.54) is 0 Å². The van der Waals surface area contributed by atoms with Gasteiger partial charge in [-0.05, 0) is 42.8 Å². The van der Waals surface area contributed by atoms with Crippen LogP contribution in [-0.2, 0) is 0 Å². The van der Waals surface area contributed by atoms with Crippen molar-refractivity contribution in [3.63, 3.8) is 0 Å². The second-order valence-corrected chi connectivity index (χ2v) is 5.57. The highest BCUT2D eigenvalue weighted by Crippen LogP contribution is 2.40. The van der Waals surface area contributed by atoms with Crippen molar-refractivity contribution in [2.75, 3.05) is 6.61 Å². The lowest BCUT2D eigenvalue weighted by Crippen LogP contribution is -2.24. The first-order valence-electron chi connectivity index (χ1n) is 7.12. The third kappa shape index (κ3) is 2.99. The summed E-state index contributed by atoms with van der Waals surface area (Å²) in [5.74, 6) is 1.69. The maximum Gasteiger partial charge on any atom is 0.126 e. The van der Waals surface area contributed by atoms with Crippen molar-refractivity contribution in [3.8, 4) is 11.5 Å². The fourth-order valence-corrected chi connectivity index (χ4v) is 2.81. The van der Waals surface area contributed by atoms with Crippen LogP contribution in [0.5, 0.6) is 11.5 Å². The van der Waals surface area contributed by atoms with Gasteiger partial charge in [-0.25, -0.2) is 0 Å². The van der Waals surface area contributed by atoms with Gasteiger partial charge < -0.3 is 15.2 Å².